The first kappa shape index (κ1) is 15.7. The molecule has 2 N–H and O–H groups in total. The minimum Gasteiger partial charge on any atom is -0.447 e. The highest BCUT2D eigenvalue weighted by Gasteiger charge is 2.16. The summed E-state index contributed by atoms with van der Waals surface area (Å²) in [6.07, 6.45) is 0. The SMILES string of the molecule is CNS(=O)(=O)c1ccc(CNC(C)c2ccc(F)cc2)o1. The molecule has 114 valence electrons. The lowest BCUT2D eigenvalue weighted by Crippen LogP contribution is -2.18. The van der Waals surface area contributed by atoms with E-state index in [1.807, 2.05) is 6.92 Å². The summed E-state index contributed by atoms with van der Waals surface area (Å²) < 4.78 is 43.4. The Morgan fingerprint density at radius 1 is 1.19 bits per heavy atom. The minimum absolute atomic E-state index is 0.0138. The molecule has 5 nitrogen and oxygen atoms in total. The molecule has 1 aromatic heterocycles. The second kappa shape index (κ2) is 6.38. The Bertz CT molecular complexity index is 695. The lowest BCUT2D eigenvalue weighted by atomic mass is 10.1. The number of halogens is 1. The van der Waals surface area contributed by atoms with E-state index in [2.05, 4.69) is 10.0 Å². The zero-order valence-electron chi connectivity index (χ0n) is 11.8. The molecule has 1 atom stereocenters. The Morgan fingerprint density at radius 3 is 2.48 bits per heavy atom. The van der Waals surface area contributed by atoms with Crippen LogP contribution >= 0.6 is 0 Å². The van der Waals surface area contributed by atoms with Crippen LogP contribution in [0.2, 0.25) is 0 Å². The van der Waals surface area contributed by atoms with Gasteiger partial charge in [-0.1, -0.05) is 12.1 Å². The van der Waals surface area contributed by atoms with Gasteiger partial charge in [0.2, 0.25) is 5.09 Å². The molecule has 0 aliphatic carbocycles. The van der Waals surface area contributed by atoms with Gasteiger partial charge >= 0.3 is 0 Å². The van der Waals surface area contributed by atoms with Gasteiger partial charge in [-0.15, -0.1) is 0 Å². The zero-order valence-corrected chi connectivity index (χ0v) is 12.6. The number of hydrogen-bond donors (Lipinski definition) is 2. The zero-order chi connectivity index (χ0) is 15.5. The van der Waals surface area contributed by atoms with E-state index in [9.17, 15) is 12.8 Å². The van der Waals surface area contributed by atoms with Crippen LogP contribution in [0, 0.1) is 5.82 Å². The van der Waals surface area contributed by atoms with Gasteiger partial charge in [-0.2, -0.15) is 0 Å². The van der Waals surface area contributed by atoms with Gasteiger partial charge in [-0.05, 0) is 43.8 Å². The van der Waals surface area contributed by atoms with Gasteiger partial charge in [0.25, 0.3) is 10.0 Å². The number of benzene rings is 1. The van der Waals surface area contributed by atoms with Crippen molar-refractivity contribution in [2.45, 2.75) is 24.6 Å². The largest absolute Gasteiger partial charge is 0.447 e. The van der Waals surface area contributed by atoms with Crippen LogP contribution < -0.4 is 10.0 Å². The maximum absolute atomic E-state index is 12.9. The molecule has 0 aliphatic rings. The van der Waals surface area contributed by atoms with Crippen molar-refractivity contribution in [1.82, 2.24) is 10.0 Å². The number of furan rings is 1. The number of nitrogens with one attached hydrogen (secondary N) is 2. The Hall–Kier alpha value is -1.70. The molecule has 0 saturated carbocycles. The minimum atomic E-state index is -3.56. The van der Waals surface area contributed by atoms with Crippen LogP contribution in [0.15, 0.2) is 45.9 Å². The first-order chi connectivity index (χ1) is 9.92. The highest BCUT2D eigenvalue weighted by molar-refractivity contribution is 7.89. The van der Waals surface area contributed by atoms with Crippen LogP contribution in [-0.2, 0) is 16.6 Å². The fourth-order valence-electron chi connectivity index (χ4n) is 1.82. The first-order valence-corrected chi connectivity index (χ1v) is 7.92. The molecule has 1 aromatic carbocycles. The predicted octanol–water partition coefficient (Wildman–Crippen LogP) is 2.18. The summed E-state index contributed by atoms with van der Waals surface area (Å²) >= 11 is 0. The van der Waals surface area contributed by atoms with Crippen molar-refractivity contribution >= 4 is 10.0 Å². The Labute approximate surface area is 123 Å². The van der Waals surface area contributed by atoms with Gasteiger partial charge in [-0.3, -0.25) is 0 Å². The van der Waals surface area contributed by atoms with E-state index in [0.717, 1.165) is 5.56 Å². The van der Waals surface area contributed by atoms with Crippen LogP contribution in [0.25, 0.3) is 0 Å². The topological polar surface area (TPSA) is 71.3 Å². The van der Waals surface area contributed by atoms with Crippen LogP contribution in [0.3, 0.4) is 0 Å². The van der Waals surface area contributed by atoms with E-state index < -0.39 is 10.0 Å². The molecule has 1 heterocycles. The van der Waals surface area contributed by atoms with E-state index >= 15 is 0 Å². The normalized spacial score (nSPS) is 13.3. The molecule has 2 aromatic rings. The summed E-state index contributed by atoms with van der Waals surface area (Å²) in [7, 11) is -2.23. The second-order valence-corrected chi connectivity index (χ2v) is 6.40. The van der Waals surface area contributed by atoms with Crippen LogP contribution in [0.4, 0.5) is 4.39 Å². The molecule has 0 radical (unpaired) electrons. The van der Waals surface area contributed by atoms with Crippen molar-refractivity contribution < 1.29 is 17.2 Å². The monoisotopic (exact) mass is 312 g/mol. The summed E-state index contributed by atoms with van der Waals surface area (Å²) in [6, 6.07) is 9.20. The highest BCUT2D eigenvalue weighted by Crippen LogP contribution is 2.16. The first-order valence-electron chi connectivity index (χ1n) is 6.43. The van der Waals surface area contributed by atoms with Crippen molar-refractivity contribution in [2.24, 2.45) is 0 Å². The summed E-state index contributed by atoms with van der Waals surface area (Å²) in [6.45, 7) is 2.30. The highest BCUT2D eigenvalue weighted by atomic mass is 32.2. The standard InChI is InChI=1S/C14H17FN2O3S/c1-10(11-3-5-12(15)6-4-11)17-9-13-7-8-14(20-13)21(18,19)16-2/h3-8,10,16-17H,9H2,1-2H3. The van der Waals surface area contributed by atoms with Crippen molar-refractivity contribution in [1.29, 1.82) is 0 Å². The molecule has 21 heavy (non-hydrogen) atoms. The van der Waals surface area contributed by atoms with Crippen molar-refractivity contribution in [3.63, 3.8) is 0 Å². The van der Waals surface area contributed by atoms with E-state index in [1.165, 1.54) is 25.2 Å². The molecule has 0 amide bonds. The Kier molecular flexibility index (Phi) is 4.76. The lowest BCUT2D eigenvalue weighted by molar-refractivity contribution is 0.392. The van der Waals surface area contributed by atoms with Gasteiger partial charge in [0.1, 0.15) is 11.6 Å². The van der Waals surface area contributed by atoms with Crippen molar-refractivity contribution in [2.75, 3.05) is 7.05 Å². The summed E-state index contributed by atoms with van der Waals surface area (Å²) in [5.74, 6) is 0.233. The van der Waals surface area contributed by atoms with Gasteiger partial charge < -0.3 is 9.73 Å². The molecule has 2 rings (SSSR count). The average molecular weight is 312 g/mol. The second-order valence-electron chi connectivity index (χ2n) is 4.58. The third-order valence-electron chi connectivity index (χ3n) is 3.12. The summed E-state index contributed by atoms with van der Waals surface area (Å²) in [4.78, 5) is 0. The van der Waals surface area contributed by atoms with Gasteiger partial charge in [0, 0.05) is 6.04 Å². The van der Waals surface area contributed by atoms with Crippen LogP contribution in [0.5, 0.6) is 0 Å². The Balaban J connectivity index is 1.99. The molecular formula is C14H17FN2O3S. The van der Waals surface area contributed by atoms with Gasteiger partial charge in [0.05, 0.1) is 6.54 Å². The molecule has 0 fully saturated rings. The van der Waals surface area contributed by atoms with Gasteiger partial charge in [0.15, 0.2) is 0 Å². The fraction of sp³-hybridized carbons (Fsp3) is 0.286. The lowest BCUT2D eigenvalue weighted by Gasteiger charge is -2.13. The fourth-order valence-corrected chi connectivity index (χ4v) is 2.49. The van der Waals surface area contributed by atoms with Crippen LogP contribution in [-0.4, -0.2) is 15.5 Å². The quantitative estimate of drug-likeness (QED) is 0.857. The third-order valence-corrected chi connectivity index (χ3v) is 4.41. The molecule has 1 unspecified atom stereocenters. The van der Waals surface area contributed by atoms with Crippen LogP contribution in [0.1, 0.15) is 24.3 Å². The number of rotatable bonds is 6. The average Bonchev–Trinajstić information content (AvgIpc) is 2.95. The molecule has 0 saturated heterocycles. The van der Waals surface area contributed by atoms with Crippen molar-refractivity contribution in [3.05, 3.63) is 53.5 Å². The van der Waals surface area contributed by atoms with E-state index in [-0.39, 0.29) is 17.0 Å². The van der Waals surface area contributed by atoms with Crippen molar-refractivity contribution in [3.8, 4) is 0 Å². The van der Waals surface area contributed by atoms with E-state index in [4.69, 9.17) is 4.42 Å². The van der Waals surface area contributed by atoms with E-state index in [1.54, 1.807) is 18.2 Å². The molecule has 0 spiro atoms. The summed E-state index contributed by atoms with van der Waals surface area (Å²) in [5, 5.41) is 3.07. The molecule has 0 aliphatic heterocycles. The maximum atomic E-state index is 12.9. The van der Waals surface area contributed by atoms with Gasteiger partial charge in [-0.25, -0.2) is 17.5 Å². The predicted molar refractivity (Wildman–Crippen MR) is 76.6 cm³/mol. The third kappa shape index (κ3) is 3.90. The molecule has 7 heteroatoms. The summed E-state index contributed by atoms with van der Waals surface area (Å²) in [5.41, 5.74) is 0.936. The molecular weight excluding hydrogens is 295 g/mol. The number of hydrogen-bond acceptors (Lipinski definition) is 4. The maximum Gasteiger partial charge on any atom is 0.273 e. The Morgan fingerprint density at radius 2 is 1.86 bits per heavy atom. The number of sulfonamides is 1. The van der Waals surface area contributed by atoms with E-state index in [0.29, 0.717) is 12.3 Å². The smallest absolute Gasteiger partial charge is 0.273 e. The molecule has 0 bridgehead atoms.